The Kier molecular flexibility index (Phi) is 3.88. The van der Waals surface area contributed by atoms with Crippen molar-refractivity contribution in [3.8, 4) is 0 Å². The van der Waals surface area contributed by atoms with Crippen molar-refractivity contribution < 1.29 is 18.1 Å². The predicted octanol–water partition coefficient (Wildman–Crippen LogP) is 1.35. The van der Waals surface area contributed by atoms with Crippen LogP contribution in [-0.2, 0) is 13.6 Å². The second-order valence-electron chi connectivity index (χ2n) is 5.63. The van der Waals surface area contributed by atoms with Gasteiger partial charge in [-0.25, -0.2) is 8.78 Å². The Hall–Kier alpha value is -2.29. The van der Waals surface area contributed by atoms with E-state index in [-0.39, 0.29) is 18.3 Å². The molecule has 3 heterocycles. The molecule has 1 fully saturated rings. The second-order valence-corrected chi connectivity index (χ2v) is 5.63. The van der Waals surface area contributed by atoms with Crippen molar-refractivity contribution in [2.75, 3.05) is 13.6 Å². The summed E-state index contributed by atoms with van der Waals surface area (Å²) < 4.78 is 34.7. The molecule has 0 unspecified atom stereocenters. The number of nitrogens with one attached hydrogen (secondary N) is 1. The maximum atomic E-state index is 13.9. The number of carbonyl (C=O) groups is 1. The highest BCUT2D eigenvalue weighted by atomic mass is 19.3. The van der Waals surface area contributed by atoms with Gasteiger partial charge in [0.1, 0.15) is 0 Å². The number of rotatable bonds is 4. The van der Waals surface area contributed by atoms with Crippen molar-refractivity contribution in [2.24, 2.45) is 7.05 Å². The number of carbonyl (C=O) groups excluding carboxylic acids is 1. The Morgan fingerprint density at radius 1 is 1.57 bits per heavy atom. The molecular formula is C14H17F2N5O2. The summed E-state index contributed by atoms with van der Waals surface area (Å²) in [4.78, 5) is 17.0. The fraction of sp³-hybridized carbons (Fsp3) is 0.500. The number of halogens is 2. The van der Waals surface area contributed by atoms with E-state index in [1.54, 1.807) is 4.90 Å². The second kappa shape index (κ2) is 5.73. The maximum absolute atomic E-state index is 13.9. The molecule has 1 atom stereocenters. The van der Waals surface area contributed by atoms with Crippen LogP contribution in [0.1, 0.15) is 34.7 Å². The van der Waals surface area contributed by atoms with Crippen LogP contribution in [0.25, 0.3) is 0 Å². The Morgan fingerprint density at radius 3 is 3.00 bits per heavy atom. The lowest BCUT2D eigenvalue weighted by Crippen LogP contribution is -2.27. The highest BCUT2D eigenvalue weighted by Gasteiger charge is 2.48. The smallest absolute Gasteiger partial charge is 0.292 e. The highest BCUT2D eigenvalue weighted by Crippen LogP contribution is 2.41. The first-order chi connectivity index (χ1) is 10.9. The fourth-order valence-electron chi connectivity index (χ4n) is 2.74. The third kappa shape index (κ3) is 3.09. The SMILES string of the molecule is CNC(=O)c1noc([C@@H]2CC(F)(F)CN2Cc2cccn2C)n1. The van der Waals surface area contributed by atoms with E-state index in [0.717, 1.165) is 5.69 Å². The Bertz CT molecular complexity index is 712. The molecule has 1 saturated heterocycles. The molecule has 7 nitrogen and oxygen atoms in total. The summed E-state index contributed by atoms with van der Waals surface area (Å²) in [5.74, 6) is -3.47. The van der Waals surface area contributed by atoms with Gasteiger partial charge in [-0.05, 0) is 12.1 Å². The zero-order valence-corrected chi connectivity index (χ0v) is 12.8. The molecule has 2 aromatic rings. The van der Waals surface area contributed by atoms with Crippen LogP contribution in [-0.4, -0.2) is 45.0 Å². The quantitative estimate of drug-likeness (QED) is 0.918. The number of nitrogens with zero attached hydrogens (tertiary/aromatic N) is 4. The van der Waals surface area contributed by atoms with Crippen LogP contribution in [0, 0.1) is 0 Å². The van der Waals surface area contributed by atoms with Crippen molar-refractivity contribution in [1.29, 1.82) is 0 Å². The molecular weight excluding hydrogens is 308 g/mol. The van der Waals surface area contributed by atoms with Crippen LogP contribution in [0.3, 0.4) is 0 Å². The first kappa shape index (κ1) is 15.6. The highest BCUT2D eigenvalue weighted by molar-refractivity contribution is 5.89. The molecule has 124 valence electrons. The van der Waals surface area contributed by atoms with Crippen molar-refractivity contribution in [2.45, 2.75) is 24.9 Å². The van der Waals surface area contributed by atoms with Gasteiger partial charge in [0.05, 0.1) is 12.6 Å². The van der Waals surface area contributed by atoms with Crippen molar-refractivity contribution in [3.63, 3.8) is 0 Å². The number of amides is 1. The van der Waals surface area contributed by atoms with Gasteiger partial charge >= 0.3 is 0 Å². The minimum Gasteiger partial charge on any atom is -0.353 e. The van der Waals surface area contributed by atoms with E-state index < -0.39 is 24.3 Å². The average molecular weight is 325 g/mol. The van der Waals surface area contributed by atoms with Gasteiger partial charge in [-0.3, -0.25) is 9.69 Å². The zero-order chi connectivity index (χ0) is 16.6. The summed E-state index contributed by atoms with van der Waals surface area (Å²) in [5.41, 5.74) is 0.902. The Morgan fingerprint density at radius 2 is 2.35 bits per heavy atom. The largest absolute Gasteiger partial charge is 0.353 e. The van der Waals surface area contributed by atoms with Gasteiger partial charge in [0, 0.05) is 39.0 Å². The molecule has 1 amide bonds. The summed E-state index contributed by atoms with van der Waals surface area (Å²) in [6.07, 6.45) is 1.45. The van der Waals surface area contributed by atoms with Gasteiger partial charge in [0.2, 0.25) is 5.89 Å². The van der Waals surface area contributed by atoms with E-state index in [1.165, 1.54) is 7.05 Å². The molecule has 2 aromatic heterocycles. The molecule has 0 radical (unpaired) electrons. The van der Waals surface area contributed by atoms with E-state index in [9.17, 15) is 13.6 Å². The first-order valence-electron chi connectivity index (χ1n) is 7.17. The summed E-state index contributed by atoms with van der Waals surface area (Å²) >= 11 is 0. The van der Waals surface area contributed by atoms with Gasteiger partial charge < -0.3 is 14.4 Å². The average Bonchev–Trinajstić information content (AvgIpc) is 3.19. The number of aromatic nitrogens is 3. The number of hydrogen-bond acceptors (Lipinski definition) is 5. The molecule has 0 aromatic carbocycles. The van der Waals surface area contributed by atoms with Gasteiger partial charge in [0.15, 0.2) is 0 Å². The lowest BCUT2D eigenvalue weighted by molar-refractivity contribution is 0.0111. The number of likely N-dealkylation sites (tertiary alicyclic amines) is 1. The van der Waals surface area contributed by atoms with Gasteiger partial charge in [-0.2, -0.15) is 4.98 Å². The van der Waals surface area contributed by atoms with E-state index >= 15 is 0 Å². The van der Waals surface area contributed by atoms with E-state index in [4.69, 9.17) is 4.52 Å². The van der Waals surface area contributed by atoms with Gasteiger partial charge in [0.25, 0.3) is 17.7 Å². The Labute approximate surface area is 131 Å². The molecule has 23 heavy (non-hydrogen) atoms. The predicted molar refractivity (Wildman–Crippen MR) is 75.8 cm³/mol. The van der Waals surface area contributed by atoms with E-state index in [1.807, 2.05) is 29.9 Å². The minimum atomic E-state index is -2.84. The lowest BCUT2D eigenvalue weighted by Gasteiger charge is -2.20. The van der Waals surface area contributed by atoms with Crippen LogP contribution < -0.4 is 5.32 Å². The normalized spacial score (nSPS) is 20.8. The molecule has 0 spiro atoms. The fourth-order valence-corrected chi connectivity index (χ4v) is 2.74. The molecule has 3 rings (SSSR count). The molecule has 9 heteroatoms. The maximum Gasteiger partial charge on any atom is 0.292 e. The molecule has 1 aliphatic rings. The number of alkyl halides is 2. The van der Waals surface area contributed by atoms with E-state index in [2.05, 4.69) is 15.5 Å². The zero-order valence-electron chi connectivity index (χ0n) is 12.8. The van der Waals surface area contributed by atoms with Crippen molar-refractivity contribution >= 4 is 5.91 Å². The monoisotopic (exact) mass is 325 g/mol. The lowest BCUT2D eigenvalue weighted by atomic mass is 10.2. The van der Waals surface area contributed by atoms with Crippen LogP contribution >= 0.6 is 0 Å². The van der Waals surface area contributed by atoms with Crippen molar-refractivity contribution in [1.82, 2.24) is 24.9 Å². The van der Waals surface area contributed by atoms with Gasteiger partial charge in [-0.15, -0.1) is 0 Å². The Balaban J connectivity index is 1.84. The van der Waals surface area contributed by atoms with Crippen LogP contribution in [0.5, 0.6) is 0 Å². The number of aryl methyl sites for hydroxylation is 1. The summed E-state index contributed by atoms with van der Waals surface area (Å²) in [7, 11) is 3.29. The van der Waals surface area contributed by atoms with Crippen LogP contribution in [0.15, 0.2) is 22.9 Å². The molecule has 0 bridgehead atoms. The first-order valence-corrected chi connectivity index (χ1v) is 7.17. The van der Waals surface area contributed by atoms with Crippen LogP contribution in [0.4, 0.5) is 8.78 Å². The van der Waals surface area contributed by atoms with Crippen molar-refractivity contribution in [3.05, 3.63) is 35.7 Å². The number of hydrogen-bond donors (Lipinski definition) is 1. The van der Waals surface area contributed by atoms with Crippen LogP contribution in [0.2, 0.25) is 0 Å². The summed E-state index contributed by atoms with van der Waals surface area (Å²) in [6, 6.07) is 3.01. The molecule has 1 aliphatic heterocycles. The minimum absolute atomic E-state index is 0.0370. The standard InChI is InChI=1S/C14H17F2N5O2/c1-17-12(22)11-18-13(23-19-11)10-6-14(15,16)8-21(10)7-9-4-3-5-20(9)2/h3-5,10H,6-8H2,1-2H3,(H,17,22)/t10-/m0/s1. The molecule has 0 aliphatic carbocycles. The third-order valence-electron chi connectivity index (χ3n) is 3.94. The van der Waals surface area contributed by atoms with E-state index in [0.29, 0.717) is 6.54 Å². The summed E-state index contributed by atoms with van der Waals surface area (Å²) in [6.45, 7) is -0.0536. The summed E-state index contributed by atoms with van der Waals surface area (Å²) in [5, 5.41) is 5.92. The third-order valence-corrected chi connectivity index (χ3v) is 3.94. The topological polar surface area (TPSA) is 76.2 Å². The van der Waals surface area contributed by atoms with Gasteiger partial charge in [-0.1, -0.05) is 5.16 Å². The molecule has 0 saturated carbocycles. The molecule has 1 N–H and O–H groups in total.